The number of benzene rings is 2. The number of carbonyl (C=O) groups excluding carboxylic acids is 1. The standard InChI is InChI=1S/C16H15F2NO2/c1-10-6-7-12(14(18)8-10)16(21)19-9-15(20)11-4-2-3-5-13(11)17/h2-8,15,20H,9H2,1H3,(H,19,21). The zero-order valence-electron chi connectivity index (χ0n) is 11.4. The first-order valence-corrected chi connectivity index (χ1v) is 6.46. The predicted molar refractivity (Wildman–Crippen MR) is 74.8 cm³/mol. The van der Waals surface area contributed by atoms with E-state index in [0.717, 1.165) is 0 Å². The molecular formula is C16H15F2NO2. The molecule has 3 nitrogen and oxygen atoms in total. The lowest BCUT2D eigenvalue weighted by Gasteiger charge is -2.13. The molecule has 0 aliphatic heterocycles. The highest BCUT2D eigenvalue weighted by atomic mass is 19.1. The predicted octanol–water partition coefficient (Wildman–Crippen LogP) is 2.74. The Bertz CT molecular complexity index is 658. The van der Waals surface area contributed by atoms with Gasteiger partial charge in [0.05, 0.1) is 11.7 Å². The summed E-state index contributed by atoms with van der Waals surface area (Å²) in [6, 6.07) is 9.98. The average molecular weight is 291 g/mol. The summed E-state index contributed by atoms with van der Waals surface area (Å²) in [5, 5.41) is 12.3. The van der Waals surface area contributed by atoms with Gasteiger partial charge in [0.2, 0.25) is 0 Å². The number of aryl methyl sites for hydroxylation is 1. The van der Waals surface area contributed by atoms with Gasteiger partial charge in [-0.1, -0.05) is 24.3 Å². The molecule has 2 N–H and O–H groups in total. The van der Waals surface area contributed by atoms with Gasteiger partial charge in [-0.15, -0.1) is 0 Å². The van der Waals surface area contributed by atoms with Gasteiger partial charge in [0.1, 0.15) is 11.6 Å². The first-order chi connectivity index (χ1) is 9.99. The summed E-state index contributed by atoms with van der Waals surface area (Å²) in [6.45, 7) is 1.51. The topological polar surface area (TPSA) is 49.3 Å². The third kappa shape index (κ3) is 3.64. The second kappa shape index (κ2) is 6.45. The Hall–Kier alpha value is -2.27. The van der Waals surface area contributed by atoms with E-state index < -0.39 is 23.6 Å². The van der Waals surface area contributed by atoms with Crippen molar-refractivity contribution < 1.29 is 18.7 Å². The zero-order chi connectivity index (χ0) is 15.4. The maximum absolute atomic E-state index is 13.6. The minimum Gasteiger partial charge on any atom is -0.386 e. The van der Waals surface area contributed by atoms with E-state index in [9.17, 15) is 18.7 Å². The molecule has 0 radical (unpaired) electrons. The van der Waals surface area contributed by atoms with Crippen LogP contribution in [0.4, 0.5) is 8.78 Å². The SMILES string of the molecule is Cc1ccc(C(=O)NCC(O)c2ccccc2F)c(F)c1. The highest BCUT2D eigenvalue weighted by molar-refractivity contribution is 5.94. The van der Waals surface area contributed by atoms with Crippen LogP contribution in [-0.2, 0) is 0 Å². The number of aliphatic hydroxyl groups is 1. The first kappa shape index (κ1) is 15.1. The Morgan fingerprint density at radius 1 is 1.19 bits per heavy atom. The molecule has 1 amide bonds. The van der Waals surface area contributed by atoms with Gasteiger partial charge in [-0.2, -0.15) is 0 Å². The van der Waals surface area contributed by atoms with Gasteiger partial charge in [-0.05, 0) is 30.7 Å². The van der Waals surface area contributed by atoms with Crippen molar-refractivity contribution in [2.45, 2.75) is 13.0 Å². The fourth-order valence-corrected chi connectivity index (χ4v) is 1.94. The van der Waals surface area contributed by atoms with Gasteiger partial charge in [0.25, 0.3) is 5.91 Å². The van der Waals surface area contributed by atoms with Crippen LogP contribution in [0.5, 0.6) is 0 Å². The van der Waals surface area contributed by atoms with Crippen molar-refractivity contribution in [1.82, 2.24) is 5.32 Å². The van der Waals surface area contributed by atoms with E-state index in [4.69, 9.17) is 0 Å². The summed E-state index contributed by atoms with van der Waals surface area (Å²) in [4.78, 5) is 11.8. The molecule has 110 valence electrons. The number of hydrogen-bond donors (Lipinski definition) is 2. The van der Waals surface area contributed by atoms with Crippen LogP contribution in [0, 0.1) is 18.6 Å². The van der Waals surface area contributed by atoms with Gasteiger partial charge in [0, 0.05) is 12.1 Å². The molecule has 0 aliphatic carbocycles. The number of halogens is 2. The largest absolute Gasteiger partial charge is 0.386 e. The van der Waals surface area contributed by atoms with E-state index in [2.05, 4.69) is 5.32 Å². The smallest absolute Gasteiger partial charge is 0.254 e. The van der Waals surface area contributed by atoms with Crippen LogP contribution in [0.1, 0.15) is 27.6 Å². The molecule has 0 aliphatic rings. The fraction of sp³-hybridized carbons (Fsp3) is 0.188. The molecule has 0 heterocycles. The van der Waals surface area contributed by atoms with Crippen LogP contribution in [0.25, 0.3) is 0 Å². The highest BCUT2D eigenvalue weighted by Gasteiger charge is 2.16. The summed E-state index contributed by atoms with van der Waals surface area (Å²) in [6.07, 6.45) is -1.19. The van der Waals surface area contributed by atoms with Gasteiger partial charge in [-0.3, -0.25) is 4.79 Å². The normalized spacial score (nSPS) is 12.0. The molecule has 5 heteroatoms. The summed E-state index contributed by atoms with van der Waals surface area (Å²) in [7, 11) is 0. The van der Waals surface area contributed by atoms with E-state index in [-0.39, 0.29) is 17.7 Å². The number of nitrogens with one attached hydrogen (secondary N) is 1. The van der Waals surface area contributed by atoms with Gasteiger partial charge in [0.15, 0.2) is 0 Å². The van der Waals surface area contributed by atoms with E-state index in [0.29, 0.717) is 5.56 Å². The van der Waals surface area contributed by atoms with Crippen molar-refractivity contribution in [1.29, 1.82) is 0 Å². The van der Waals surface area contributed by atoms with Crippen molar-refractivity contribution >= 4 is 5.91 Å². The maximum Gasteiger partial charge on any atom is 0.254 e. The molecule has 0 aromatic heterocycles. The molecule has 0 saturated carbocycles. The van der Waals surface area contributed by atoms with E-state index in [1.165, 1.54) is 30.3 Å². The molecule has 1 unspecified atom stereocenters. The molecule has 0 spiro atoms. The highest BCUT2D eigenvalue weighted by Crippen LogP contribution is 2.16. The van der Waals surface area contributed by atoms with Crippen LogP contribution in [0.3, 0.4) is 0 Å². The van der Waals surface area contributed by atoms with Crippen molar-refractivity contribution in [3.8, 4) is 0 Å². The van der Waals surface area contributed by atoms with Crippen LogP contribution in [0.2, 0.25) is 0 Å². The Labute approximate surface area is 121 Å². The van der Waals surface area contributed by atoms with Gasteiger partial charge < -0.3 is 10.4 Å². The van der Waals surface area contributed by atoms with Gasteiger partial charge >= 0.3 is 0 Å². The lowest BCUT2D eigenvalue weighted by atomic mass is 10.1. The summed E-state index contributed by atoms with van der Waals surface area (Å²) in [5.74, 6) is -1.84. The Morgan fingerprint density at radius 2 is 1.90 bits per heavy atom. The van der Waals surface area contributed by atoms with E-state index in [1.807, 2.05) is 0 Å². The third-order valence-corrected chi connectivity index (χ3v) is 3.09. The van der Waals surface area contributed by atoms with E-state index >= 15 is 0 Å². The lowest BCUT2D eigenvalue weighted by molar-refractivity contribution is 0.0910. The van der Waals surface area contributed by atoms with E-state index in [1.54, 1.807) is 19.1 Å². The van der Waals surface area contributed by atoms with Crippen LogP contribution in [-0.4, -0.2) is 17.6 Å². The third-order valence-electron chi connectivity index (χ3n) is 3.09. The monoisotopic (exact) mass is 291 g/mol. The summed E-state index contributed by atoms with van der Waals surface area (Å²) < 4.78 is 27.1. The van der Waals surface area contributed by atoms with Crippen molar-refractivity contribution in [3.63, 3.8) is 0 Å². The molecule has 1 atom stereocenters. The maximum atomic E-state index is 13.6. The summed E-state index contributed by atoms with van der Waals surface area (Å²) in [5.41, 5.74) is 0.680. The van der Waals surface area contributed by atoms with Gasteiger partial charge in [-0.25, -0.2) is 8.78 Å². The Morgan fingerprint density at radius 3 is 2.57 bits per heavy atom. The number of rotatable bonds is 4. The molecule has 0 saturated heterocycles. The molecule has 0 bridgehead atoms. The fourth-order valence-electron chi connectivity index (χ4n) is 1.94. The quantitative estimate of drug-likeness (QED) is 0.910. The molecule has 2 aromatic rings. The number of aliphatic hydroxyl groups excluding tert-OH is 1. The van der Waals surface area contributed by atoms with Crippen molar-refractivity contribution in [3.05, 3.63) is 70.8 Å². The summed E-state index contributed by atoms with van der Waals surface area (Å²) >= 11 is 0. The average Bonchev–Trinajstić information content (AvgIpc) is 2.45. The molecular weight excluding hydrogens is 276 g/mol. The van der Waals surface area contributed by atoms with Crippen molar-refractivity contribution in [2.24, 2.45) is 0 Å². The van der Waals surface area contributed by atoms with Crippen LogP contribution >= 0.6 is 0 Å². The number of hydrogen-bond acceptors (Lipinski definition) is 2. The molecule has 0 fully saturated rings. The lowest BCUT2D eigenvalue weighted by Crippen LogP contribution is -2.29. The Kier molecular flexibility index (Phi) is 4.65. The number of amides is 1. The number of carbonyl (C=O) groups is 1. The molecule has 2 aromatic carbocycles. The zero-order valence-corrected chi connectivity index (χ0v) is 11.4. The molecule has 2 rings (SSSR count). The first-order valence-electron chi connectivity index (χ1n) is 6.46. The van der Waals surface area contributed by atoms with Crippen LogP contribution in [0.15, 0.2) is 42.5 Å². The van der Waals surface area contributed by atoms with Crippen LogP contribution < -0.4 is 5.32 Å². The second-order valence-corrected chi connectivity index (χ2v) is 4.73. The Balaban J connectivity index is 2.02. The minimum absolute atomic E-state index is 0.0854. The second-order valence-electron chi connectivity index (χ2n) is 4.73. The van der Waals surface area contributed by atoms with Crippen molar-refractivity contribution in [2.75, 3.05) is 6.54 Å². The molecule has 21 heavy (non-hydrogen) atoms. The minimum atomic E-state index is -1.19.